The quantitative estimate of drug-likeness (QED) is 0.0473. The number of Topliss-reactive ketones (excluding diaryl/α,β-unsaturated/α-hetero) is 1. The molecule has 0 spiro atoms. The van der Waals surface area contributed by atoms with E-state index in [0.29, 0.717) is 72.0 Å². The van der Waals surface area contributed by atoms with E-state index in [9.17, 15) is 24.0 Å². The van der Waals surface area contributed by atoms with Crippen molar-refractivity contribution in [3.8, 4) is 11.1 Å². The summed E-state index contributed by atoms with van der Waals surface area (Å²) in [7, 11) is 0. The van der Waals surface area contributed by atoms with Gasteiger partial charge in [0.05, 0.1) is 51.7 Å². The van der Waals surface area contributed by atoms with Gasteiger partial charge in [-0.25, -0.2) is 15.0 Å². The number of aryl methyl sites for hydroxylation is 1. The van der Waals surface area contributed by atoms with E-state index in [1.54, 1.807) is 29.4 Å². The van der Waals surface area contributed by atoms with Crippen LogP contribution in [0.1, 0.15) is 48.6 Å². The number of halogens is 1. The van der Waals surface area contributed by atoms with Crippen LogP contribution in [0.3, 0.4) is 0 Å². The van der Waals surface area contributed by atoms with Gasteiger partial charge in [-0.05, 0) is 70.4 Å². The lowest BCUT2D eigenvalue weighted by Crippen LogP contribution is -2.47. The van der Waals surface area contributed by atoms with E-state index in [2.05, 4.69) is 58.9 Å². The number of piperidine rings is 1. The molecule has 1 aliphatic heterocycles. The zero-order chi connectivity index (χ0) is 43.5. The van der Waals surface area contributed by atoms with Gasteiger partial charge in [-0.3, -0.25) is 28.7 Å². The van der Waals surface area contributed by atoms with Crippen molar-refractivity contribution < 1.29 is 42.9 Å². The third-order valence-electron chi connectivity index (χ3n) is 10.4. The molecule has 3 atom stereocenters. The minimum absolute atomic E-state index is 0.0621. The molecule has 0 radical (unpaired) electrons. The Labute approximate surface area is 360 Å². The summed E-state index contributed by atoms with van der Waals surface area (Å²) in [5.74, 6) is -0.610. The van der Waals surface area contributed by atoms with E-state index < -0.39 is 6.04 Å². The zero-order valence-corrected chi connectivity index (χ0v) is 36.0. The molecule has 326 valence electrons. The number of nitrogens with two attached hydrogens (primary N) is 1. The Morgan fingerprint density at radius 3 is 2.28 bits per heavy atom. The molecule has 6 rings (SSSR count). The fourth-order valence-corrected chi connectivity index (χ4v) is 7.44. The number of hydrogen-bond acceptors (Lipinski definition) is 14. The number of hydrogen-bond donors (Lipinski definition) is 4. The first kappa shape index (κ1) is 45.3. The van der Waals surface area contributed by atoms with E-state index in [1.807, 2.05) is 25.1 Å². The second-order valence-electron chi connectivity index (χ2n) is 15.1. The van der Waals surface area contributed by atoms with Crippen LogP contribution in [0.15, 0.2) is 47.3 Å². The van der Waals surface area contributed by atoms with Gasteiger partial charge in [0.2, 0.25) is 23.6 Å². The van der Waals surface area contributed by atoms with Crippen LogP contribution in [0.25, 0.3) is 22.0 Å². The van der Waals surface area contributed by atoms with E-state index in [-0.39, 0.29) is 92.7 Å². The second-order valence-corrected chi connectivity index (χ2v) is 15.9. The SMILES string of the molecule is CC(=O)c1nn(CC(=O)N2[C@H](C(=O)Nc3nc(Br)ccc3C)C[C@@]3(C)C[C@@H]23)c2ccc(-c3cnc(CNC(=O)COCCOCCNC(=O)COCCOCCN)nc3)cc12. The van der Waals surface area contributed by atoms with Crippen molar-refractivity contribution in [3.05, 3.63) is 64.4 Å². The molecule has 2 fully saturated rings. The molecule has 1 aliphatic carbocycles. The van der Waals surface area contributed by atoms with Gasteiger partial charge in [0.25, 0.3) is 0 Å². The van der Waals surface area contributed by atoms with Gasteiger partial charge < -0.3 is 45.5 Å². The molecule has 0 unspecified atom stereocenters. The lowest BCUT2D eigenvalue weighted by Gasteiger charge is -2.27. The molecular weight excluding hydrogens is 856 g/mol. The number of carbonyl (C=O) groups excluding carboxylic acids is 5. The number of fused-ring (bicyclic) bond motifs is 2. The molecule has 1 saturated heterocycles. The maximum absolute atomic E-state index is 14.0. The number of aromatic nitrogens is 5. The number of amides is 4. The summed E-state index contributed by atoms with van der Waals surface area (Å²) in [6.45, 7) is 7.62. The van der Waals surface area contributed by atoms with Crippen molar-refractivity contribution in [2.75, 3.05) is 71.3 Å². The van der Waals surface area contributed by atoms with Crippen molar-refractivity contribution in [3.63, 3.8) is 0 Å². The Morgan fingerprint density at radius 2 is 1.57 bits per heavy atom. The smallest absolute Gasteiger partial charge is 0.248 e. The van der Waals surface area contributed by atoms with E-state index in [4.69, 9.17) is 24.7 Å². The van der Waals surface area contributed by atoms with Crippen molar-refractivity contribution in [1.29, 1.82) is 0 Å². The highest BCUT2D eigenvalue weighted by Gasteiger charge is 2.64. The van der Waals surface area contributed by atoms with Crippen LogP contribution in [-0.2, 0) is 51.2 Å². The number of nitrogens with zero attached hydrogens (tertiary/aromatic N) is 6. The van der Waals surface area contributed by atoms with Gasteiger partial charge in [-0.2, -0.15) is 5.10 Å². The summed E-state index contributed by atoms with van der Waals surface area (Å²) in [6.07, 6.45) is 4.60. The molecule has 61 heavy (non-hydrogen) atoms. The number of ether oxygens (including phenoxy) is 4. The molecular formula is C41H51BrN10O9. The number of anilines is 1. The van der Waals surface area contributed by atoms with Crippen molar-refractivity contribution >= 4 is 62.1 Å². The normalized spacial score (nSPS) is 17.9. The lowest BCUT2D eigenvalue weighted by molar-refractivity contribution is -0.138. The Morgan fingerprint density at radius 1 is 0.885 bits per heavy atom. The third kappa shape index (κ3) is 12.0. The Kier molecular flexibility index (Phi) is 15.6. The summed E-state index contributed by atoms with van der Waals surface area (Å²) in [4.78, 5) is 79.3. The van der Waals surface area contributed by atoms with Gasteiger partial charge in [0, 0.05) is 49.4 Å². The monoisotopic (exact) mass is 906 g/mol. The van der Waals surface area contributed by atoms with Crippen LogP contribution in [-0.4, -0.2) is 137 Å². The van der Waals surface area contributed by atoms with Crippen LogP contribution in [0, 0.1) is 12.3 Å². The molecule has 19 nitrogen and oxygen atoms in total. The third-order valence-corrected chi connectivity index (χ3v) is 10.9. The number of pyridine rings is 1. The van der Waals surface area contributed by atoms with Crippen molar-refractivity contribution in [2.24, 2.45) is 11.1 Å². The van der Waals surface area contributed by atoms with Gasteiger partial charge >= 0.3 is 0 Å². The Bertz CT molecular complexity index is 2220. The largest absolute Gasteiger partial charge is 0.378 e. The minimum Gasteiger partial charge on any atom is -0.378 e. The Balaban J connectivity index is 0.959. The highest BCUT2D eigenvalue weighted by atomic mass is 79.9. The van der Waals surface area contributed by atoms with E-state index in [0.717, 1.165) is 17.5 Å². The summed E-state index contributed by atoms with van der Waals surface area (Å²) in [5.41, 5.74) is 8.20. The number of rotatable bonds is 23. The average Bonchev–Trinajstić information content (AvgIpc) is 3.60. The predicted octanol–water partition coefficient (Wildman–Crippen LogP) is 1.94. The van der Waals surface area contributed by atoms with Crippen LogP contribution in [0.2, 0.25) is 0 Å². The van der Waals surface area contributed by atoms with Crippen LogP contribution in [0.4, 0.5) is 5.82 Å². The first-order valence-electron chi connectivity index (χ1n) is 20.0. The summed E-state index contributed by atoms with van der Waals surface area (Å²) >= 11 is 3.36. The van der Waals surface area contributed by atoms with E-state index in [1.165, 1.54) is 11.6 Å². The predicted molar refractivity (Wildman–Crippen MR) is 225 cm³/mol. The molecule has 3 aromatic heterocycles. The second kappa shape index (κ2) is 21.0. The van der Waals surface area contributed by atoms with Crippen molar-refractivity contribution in [2.45, 2.75) is 58.8 Å². The Hall–Kier alpha value is -5.25. The van der Waals surface area contributed by atoms with Gasteiger partial charge in [0.1, 0.15) is 47.7 Å². The molecule has 4 amide bonds. The molecule has 4 aromatic rings. The van der Waals surface area contributed by atoms with E-state index >= 15 is 0 Å². The first-order chi connectivity index (χ1) is 29.4. The van der Waals surface area contributed by atoms with Crippen LogP contribution >= 0.6 is 15.9 Å². The highest BCUT2D eigenvalue weighted by Crippen LogP contribution is 2.59. The maximum atomic E-state index is 14.0. The topological polar surface area (TPSA) is 244 Å². The zero-order valence-electron chi connectivity index (χ0n) is 34.4. The standard InChI is InChI=1S/C41H51BrN10O9/c1-25-4-7-33(42)48-39(25)49-40(57)31-17-41(3)18-32(41)52(31)37(56)22-51-30-6-5-27(16-29(30)38(50-51)26(2)53)28-19-45-34(46-20-28)21-47-36(55)24-61-15-13-59-11-9-44-35(54)23-60-14-12-58-10-8-43/h4-7,16,19-20,31-32H,8-15,17-18,21-24,43H2,1-3H3,(H,44,54)(H,47,55)(H,48,49,57)/t31-,32+,41-/m0/s1. The fraction of sp³-hybridized carbons (Fsp3) is 0.488. The van der Waals surface area contributed by atoms with Gasteiger partial charge in [-0.15, -0.1) is 0 Å². The minimum atomic E-state index is -0.669. The lowest BCUT2D eigenvalue weighted by atomic mass is 10.0. The van der Waals surface area contributed by atoms with Gasteiger partial charge in [-0.1, -0.05) is 19.1 Å². The number of likely N-dealkylation sites (tertiary alicyclic amines) is 1. The summed E-state index contributed by atoms with van der Waals surface area (Å²) < 4.78 is 23.3. The number of carbonyl (C=O) groups is 5. The maximum Gasteiger partial charge on any atom is 0.248 e. The molecule has 1 aromatic carbocycles. The van der Waals surface area contributed by atoms with Crippen LogP contribution < -0.4 is 21.7 Å². The number of benzene rings is 1. The van der Waals surface area contributed by atoms with Gasteiger partial charge in [0.15, 0.2) is 5.78 Å². The summed E-state index contributed by atoms with van der Waals surface area (Å²) in [6, 6.07) is 8.37. The van der Waals surface area contributed by atoms with Crippen LogP contribution in [0.5, 0.6) is 0 Å². The number of ketones is 1. The molecule has 2 aliphatic rings. The molecule has 0 bridgehead atoms. The number of nitrogens with one attached hydrogen (secondary N) is 3. The average molecular weight is 908 g/mol. The first-order valence-corrected chi connectivity index (χ1v) is 20.8. The highest BCUT2D eigenvalue weighted by molar-refractivity contribution is 9.10. The molecule has 5 N–H and O–H groups in total. The van der Waals surface area contributed by atoms with Crippen molar-refractivity contribution in [1.82, 2.24) is 40.3 Å². The fourth-order valence-electron chi connectivity index (χ4n) is 7.13. The molecule has 1 saturated carbocycles. The molecule has 4 heterocycles. The summed E-state index contributed by atoms with van der Waals surface area (Å²) in [5, 5.41) is 13.4. The molecule has 20 heteroatoms.